The molecule has 1 saturated heterocycles. The van der Waals surface area contributed by atoms with Crippen molar-refractivity contribution in [1.82, 2.24) is 9.80 Å². The first kappa shape index (κ1) is 13.5. The quantitative estimate of drug-likeness (QED) is 0.631. The molecule has 1 amide bonds. The van der Waals surface area contributed by atoms with Gasteiger partial charge in [0.15, 0.2) is 0 Å². The molecule has 0 spiro atoms. The summed E-state index contributed by atoms with van der Waals surface area (Å²) in [6.45, 7) is 6.03. The average molecular weight is 226 g/mol. The second kappa shape index (κ2) is 7.66. The molecule has 1 aliphatic heterocycles. The maximum absolute atomic E-state index is 11.4. The van der Waals surface area contributed by atoms with Crippen molar-refractivity contribution in [3.63, 3.8) is 0 Å². The smallest absolute Gasteiger partial charge is 0.219 e. The highest BCUT2D eigenvalue weighted by molar-refractivity contribution is 5.73. The summed E-state index contributed by atoms with van der Waals surface area (Å²) in [5, 5.41) is 0. The lowest BCUT2D eigenvalue weighted by molar-refractivity contribution is -0.129. The van der Waals surface area contributed by atoms with Crippen LogP contribution in [0.5, 0.6) is 0 Å². The zero-order valence-corrected chi connectivity index (χ0v) is 10.9. The molecule has 0 saturated carbocycles. The Labute approximate surface area is 99.8 Å². The lowest BCUT2D eigenvalue weighted by Gasteiger charge is -2.23. The Morgan fingerprint density at radius 2 is 1.25 bits per heavy atom. The van der Waals surface area contributed by atoms with Crippen LogP contribution >= 0.6 is 0 Å². The standard InChI is InChI=1S/C13H26N2O/c1-13(16)15-11-7-3-5-9-14(2)10-6-4-8-12-15/h3-12H2,1-2H3. The van der Waals surface area contributed by atoms with E-state index in [-0.39, 0.29) is 5.91 Å². The monoisotopic (exact) mass is 226 g/mol. The maximum Gasteiger partial charge on any atom is 0.219 e. The molecule has 0 aromatic rings. The van der Waals surface area contributed by atoms with Crippen LogP contribution in [0.15, 0.2) is 0 Å². The summed E-state index contributed by atoms with van der Waals surface area (Å²) in [6.07, 6.45) is 7.34. The van der Waals surface area contributed by atoms with Crippen LogP contribution in [0.4, 0.5) is 0 Å². The predicted molar refractivity (Wildman–Crippen MR) is 67.5 cm³/mol. The van der Waals surface area contributed by atoms with E-state index in [1.54, 1.807) is 6.92 Å². The number of nitrogens with zero attached hydrogens (tertiary/aromatic N) is 2. The van der Waals surface area contributed by atoms with Crippen molar-refractivity contribution in [1.29, 1.82) is 0 Å². The molecule has 1 fully saturated rings. The normalized spacial score (nSPS) is 22.2. The molecule has 0 N–H and O–H groups in total. The Bertz CT molecular complexity index is 192. The lowest BCUT2D eigenvalue weighted by atomic mass is 10.1. The van der Waals surface area contributed by atoms with E-state index >= 15 is 0 Å². The van der Waals surface area contributed by atoms with Crippen LogP contribution in [0, 0.1) is 0 Å². The number of hydrogen-bond donors (Lipinski definition) is 0. The highest BCUT2D eigenvalue weighted by Gasteiger charge is 2.08. The first-order chi connectivity index (χ1) is 7.70. The van der Waals surface area contributed by atoms with Gasteiger partial charge in [-0.1, -0.05) is 12.8 Å². The number of hydrogen-bond acceptors (Lipinski definition) is 2. The van der Waals surface area contributed by atoms with Crippen LogP contribution in [0.2, 0.25) is 0 Å². The first-order valence-corrected chi connectivity index (χ1v) is 6.64. The summed E-state index contributed by atoms with van der Waals surface area (Å²) in [5.41, 5.74) is 0. The third-order valence-corrected chi connectivity index (χ3v) is 3.38. The SMILES string of the molecule is CC(=O)N1CCCCCN(C)CCCCC1. The Balaban J connectivity index is 2.33. The fourth-order valence-corrected chi connectivity index (χ4v) is 2.26. The van der Waals surface area contributed by atoms with E-state index in [4.69, 9.17) is 0 Å². The molecule has 1 rings (SSSR count). The summed E-state index contributed by atoms with van der Waals surface area (Å²) in [6, 6.07) is 0. The third kappa shape index (κ3) is 5.50. The summed E-state index contributed by atoms with van der Waals surface area (Å²) in [5.74, 6) is 0.245. The predicted octanol–water partition coefficient (Wildman–Crippen LogP) is 2.12. The minimum atomic E-state index is 0.245. The zero-order valence-electron chi connectivity index (χ0n) is 10.9. The molecule has 0 aliphatic carbocycles. The van der Waals surface area contributed by atoms with Crippen molar-refractivity contribution < 1.29 is 4.79 Å². The molecule has 0 unspecified atom stereocenters. The van der Waals surface area contributed by atoms with Gasteiger partial charge in [0.05, 0.1) is 0 Å². The van der Waals surface area contributed by atoms with E-state index in [0.717, 1.165) is 25.9 Å². The van der Waals surface area contributed by atoms with Gasteiger partial charge >= 0.3 is 0 Å². The van der Waals surface area contributed by atoms with Gasteiger partial charge < -0.3 is 9.80 Å². The van der Waals surface area contributed by atoms with Gasteiger partial charge in [0.1, 0.15) is 0 Å². The molecule has 1 aliphatic rings. The van der Waals surface area contributed by atoms with Gasteiger partial charge in [-0.2, -0.15) is 0 Å². The second-order valence-electron chi connectivity index (χ2n) is 4.93. The van der Waals surface area contributed by atoms with E-state index in [1.165, 1.54) is 38.8 Å². The van der Waals surface area contributed by atoms with E-state index < -0.39 is 0 Å². The van der Waals surface area contributed by atoms with E-state index in [9.17, 15) is 4.79 Å². The summed E-state index contributed by atoms with van der Waals surface area (Å²) in [7, 11) is 2.22. The molecular weight excluding hydrogens is 200 g/mol. The molecule has 16 heavy (non-hydrogen) atoms. The third-order valence-electron chi connectivity index (χ3n) is 3.38. The molecule has 3 nitrogen and oxygen atoms in total. The van der Waals surface area contributed by atoms with Crippen molar-refractivity contribution >= 4 is 5.91 Å². The van der Waals surface area contributed by atoms with Gasteiger partial charge in [0.2, 0.25) is 5.91 Å². The fourth-order valence-electron chi connectivity index (χ4n) is 2.26. The Hall–Kier alpha value is -0.570. The van der Waals surface area contributed by atoms with Crippen LogP contribution in [-0.2, 0) is 4.79 Å². The highest BCUT2D eigenvalue weighted by atomic mass is 16.2. The lowest BCUT2D eigenvalue weighted by Crippen LogP contribution is -2.31. The van der Waals surface area contributed by atoms with Gasteiger partial charge in [0.25, 0.3) is 0 Å². The number of rotatable bonds is 0. The van der Waals surface area contributed by atoms with E-state index in [0.29, 0.717) is 0 Å². The molecule has 0 aromatic heterocycles. The molecule has 0 atom stereocenters. The Morgan fingerprint density at radius 3 is 1.69 bits per heavy atom. The molecular formula is C13H26N2O. The Kier molecular flexibility index (Phi) is 6.46. The Morgan fingerprint density at radius 1 is 0.812 bits per heavy atom. The van der Waals surface area contributed by atoms with Crippen molar-refractivity contribution in [3.8, 4) is 0 Å². The summed E-state index contributed by atoms with van der Waals surface area (Å²) in [4.78, 5) is 15.8. The van der Waals surface area contributed by atoms with Crippen LogP contribution in [0.25, 0.3) is 0 Å². The van der Waals surface area contributed by atoms with Crippen molar-refractivity contribution in [2.24, 2.45) is 0 Å². The molecule has 3 heteroatoms. The topological polar surface area (TPSA) is 23.6 Å². The highest BCUT2D eigenvalue weighted by Crippen LogP contribution is 2.07. The van der Waals surface area contributed by atoms with Crippen LogP contribution < -0.4 is 0 Å². The zero-order chi connectivity index (χ0) is 11.8. The summed E-state index contributed by atoms with van der Waals surface area (Å²) >= 11 is 0. The summed E-state index contributed by atoms with van der Waals surface area (Å²) < 4.78 is 0. The molecule has 1 heterocycles. The number of carbonyl (C=O) groups is 1. The largest absolute Gasteiger partial charge is 0.343 e. The molecule has 0 radical (unpaired) electrons. The minimum Gasteiger partial charge on any atom is -0.343 e. The molecule has 0 aromatic carbocycles. The minimum absolute atomic E-state index is 0.245. The molecule has 94 valence electrons. The van der Waals surface area contributed by atoms with E-state index in [2.05, 4.69) is 11.9 Å². The number of amides is 1. The van der Waals surface area contributed by atoms with Crippen molar-refractivity contribution in [2.45, 2.75) is 45.4 Å². The van der Waals surface area contributed by atoms with Crippen molar-refractivity contribution in [3.05, 3.63) is 0 Å². The fraction of sp³-hybridized carbons (Fsp3) is 0.923. The van der Waals surface area contributed by atoms with Gasteiger partial charge in [-0.05, 0) is 45.8 Å². The van der Waals surface area contributed by atoms with Crippen molar-refractivity contribution in [2.75, 3.05) is 33.2 Å². The number of carbonyl (C=O) groups excluding carboxylic acids is 1. The van der Waals surface area contributed by atoms with Crippen LogP contribution in [0.3, 0.4) is 0 Å². The van der Waals surface area contributed by atoms with Gasteiger partial charge in [0, 0.05) is 20.0 Å². The second-order valence-corrected chi connectivity index (χ2v) is 4.93. The maximum atomic E-state index is 11.4. The van der Waals surface area contributed by atoms with Crippen LogP contribution in [-0.4, -0.2) is 48.9 Å². The van der Waals surface area contributed by atoms with Gasteiger partial charge in [-0.25, -0.2) is 0 Å². The van der Waals surface area contributed by atoms with Crippen LogP contribution in [0.1, 0.15) is 45.4 Å². The first-order valence-electron chi connectivity index (χ1n) is 6.64. The van der Waals surface area contributed by atoms with Gasteiger partial charge in [-0.3, -0.25) is 4.79 Å². The van der Waals surface area contributed by atoms with E-state index in [1.807, 2.05) is 4.90 Å². The average Bonchev–Trinajstić information content (AvgIpc) is 2.22. The van der Waals surface area contributed by atoms with Gasteiger partial charge in [-0.15, -0.1) is 0 Å². The molecule has 0 bridgehead atoms.